The summed E-state index contributed by atoms with van der Waals surface area (Å²) in [6.07, 6.45) is 4.92. The normalized spacial score (nSPS) is 13.1. The van der Waals surface area contributed by atoms with Crippen LogP contribution in [0.1, 0.15) is 24.0 Å². The fourth-order valence-corrected chi connectivity index (χ4v) is 7.86. The summed E-state index contributed by atoms with van der Waals surface area (Å²) >= 11 is 0. The minimum absolute atomic E-state index is 1.17. The Labute approximate surface area is 258 Å². The van der Waals surface area contributed by atoms with Crippen molar-refractivity contribution in [1.29, 1.82) is 0 Å². The smallest absolute Gasteiger partial charge is 0.00200 e. The molecule has 0 saturated carbocycles. The molecule has 0 nitrogen and oxygen atoms in total. The number of hydrogen-bond acceptors (Lipinski definition) is 0. The van der Waals surface area contributed by atoms with Crippen LogP contribution in [0.3, 0.4) is 0 Å². The number of fused-ring (bicyclic) bond motifs is 6. The highest BCUT2D eigenvalue weighted by Crippen LogP contribution is 2.47. The summed E-state index contributed by atoms with van der Waals surface area (Å²) in [5.74, 6) is 0. The first-order chi connectivity index (χ1) is 21.8. The van der Waals surface area contributed by atoms with Gasteiger partial charge in [0.15, 0.2) is 0 Å². The highest BCUT2D eigenvalue weighted by molar-refractivity contribution is 6.23. The second-order valence-corrected chi connectivity index (χ2v) is 12.3. The van der Waals surface area contributed by atoms with E-state index in [2.05, 4.69) is 146 Å². The fourth-order valence-electron chi connectivity index (χ4n) is 7.86. The Bertz CT molecular complexity index is 2310. The van der Waals surface area contributed by atoms with Crippen LogP contribution in [0.5, 0.6) is 0 Å². The maximum Gasteiger partial charge on any atom is -0.00200 e. The van der Waals surface area contributed by atoms with Crippen molar-refractivity contribution in [3.63, 3.8) is 0 Å². The van der Waals surface area contributed by atoms with Gasteiger partial charge in [-0.2, -0.15) is 0 Å². The van der Waals surface area contributed by atoms with Gasteiger partial charge in [0.1, 0.15) is 0 Å². The van der Waals surface area contributed by atoms with Gasteiger partial charge in [0.25, 0.3) is 0 Å². The molecule has 44 heavy (non-hydrogen) atoms. The Hall–Kier alpha value is -5.20. The van der Waals surface area contributed by atoms with E-state index in [1.54, 1.807) is 5.56 Å². The van der Waals surface area contributed by atoms with Gasteiger partial charge in [-0.3, -0.25) is 0 Å². The highest BCUT2D eigenvalue weighted by atomic mass is 14.2. The van der Waals surface area contributed by atoms with E-state index in [-0.39, 0.29) is 0 Å². The van der Waals surface area contributed by atoms with Crippen LogP contribution in [0.15, 0.2) is 146 Å². The molecule has 0 radical (unpaired) electrons. The lowest BCUT2D eigenvalue weighted by molar-refractivity contribution is 0.690. The van der Waals surface area contributed by atoms with Crippen LogP contribution < -0.4 is 0 Å². The van der Waals surface area contributed by atoms with Crippen LogP contribution in [0.4, 0.5) is 0 Å². The molecule has 0 unspecified atom stereocenters. The van der Waals surface area contributed by atoms with Crippen molar-refractivity contribution in [2.75, 3.05) is 0 Å². The van der Waals surface area contributed by atoms with E-state index in [4.69, 9.17) is 0 Å². The topological polar surface area (TPSA) is 0 Å². The molecule has 0 saturated heterocycles. The molecule has 0 atom stereocenters. The van der Waals surface area contributed by atoms with E-state index in [1.807, 2.05) is 0 Å². The summed E-state index contributed by atoms with van der Waals surface area (Å²) in [7, 11) is 0. The quantitative estimate of drug-likeness (QED) is 0.189. The van der Waals surface area contributed by atoms with Crippen molar-refractivity contribution in [3.8, 4) is 33.4 Å². The maximum atomic E-state index is 2.53. The first-order valence-corrected chi connectivity index (χ1v) is 15.9. The predicted octanol–water partition coefficient (Wildman–Crippen LogP) is 12.2. The third-order valence-electron chi connectivity index (χ3n) is 9.85. The van der Waals surface area contributed by atoms with Crippen LogP contribution in [0.25, 0.3) is 76.5 Å². The first kappa shape index (κ1) is 25.3. The Morgan fingerprint density at radius 2 is 0.864 bits per heavy atom. The zero-order chi connectivity index (χ0) is 29.0. The van der Waals surface area contributed by atoms with Crippen molar-refractivity contribution in [3.05, 3.63) is 157 Å². The Kier molecular flexibility index (Phi) is 5.87. The van der Waals surface area contributed by atoms with E-state index < -0.39 is 0 Å². The number of hydrogen-bond donors (Lipinski definition) is 0. The molecule has 0 heteroatoms. The molecule has 0 fully saturated rings. The lowest BCUT2D eigenvalue weighted by atomic mass is 9.81. The van der Waals surface area contributed by atoms with Crippen LogP contribution in [-0.2, 0) is 12.8 Å². The Balaban J connectivity index is 1.30. The van der Waals surface area contributed by atoms with E-state index in [0.29, 0.717) is 0 Å². The van der Waals surface area contributed by atoms with Crippen molar-refractivity contribution in [1.82, 2.24) is 0 Å². The summed E-state index contributed by atoms with van der Waals surface area (Å²) < 4.78 is 0. The van der Waals surface area contributed by atoms with Gasteiger partial charge >= 0.3 is 0 Å². The average molecular weight is 561 g/mol. The summed E-state index contributed by atoms with van der Waals surface area (Å²) in [6, 6.07) is 54.2. The fraction of sp³-hybridized carbons (Fsp3) is 0.0909. The molecule has 0 heterocycles. The second-order valence-electron chi connectivity index (χ2n) is 12.3. The minimum Gasteiger partial charge on any atom is -0.0616 e. The number of aryl methyl sites for hydroxylation is 2. The van der Waals surface area contributed by atoms with E-state index in [1.165, 1.54) is 108 Å². The monoisotopic (exact) mass is 560 g/mol. The molecule has 9 rings (SSSR count). The van der Waals surface area contributed by atoms with Gasteiger partial charge in [-0.05, 0) is 113 Å². The molecule has 0 bridgehead atoms. The molecule has 1 aliphatic rings. The predicted molar refractivity (Wildman–Crippen MR) is 189 cm³/mol. The number of benzene rings is 8. The van der Waals surface area contributed by atoms with Gasteiger partial charge in [0.2, 0.25) is 0 Å². The third kappa shape index (κ3) is 3.91. The lowest BCUT2D eigenvalue weighted by Gasteiger charge is -2.23. The summed E-state index contributed by atoms with van der Waals surface area (Å²) in [5.41, 5.74) is 10.9. The first-order valence-electron chi connectivity index (χ1n) is 15.9. The van der Waals surface area contributed by atoms with E-state index >= 15 is 0 Å². The molecule has 0 aromatic heterocycles. The summed E-state index contributed by atoms with van der Waals surface area (Å²) in [4.78, 5) is 0. The SMILES string of the molecule is c1ccc2c(-c3ccc(-c4c5ccccc5c(-c5cc6c(c7ccccc57)CCCC6)c5ccccc45)cc3)cccc2c1. The average Bonchev–Trinajstić information content (AvgIpc) is 3.10. The van der Waals surface area contributed by atoms with Crippen molar-refractivity contribution < 1.29 is 0 Å². The molecule has 1 aliphatic carbocycles. The van der Waals surface area contributed by atoms with Crippen LogP contribution in [-0.4, -0.2) is 0 Å². The summed E-state index contributed by atoms with van der Waals surface area (Å²) in [5, 5.41) is 10.6. The molecule has 208 valence electrons. The van der Waals surface area contributed by atoms with E-state index in [9.17, 15) is 0 Å². The molecule has 0 amide bonds. The van der Waals surface area contributed by atoms with Gasteiger partial charge in [-0.15, -0.1) is 0 Å². The zero-order valence-electron chi connectivity index (χ0n) is 24.7. The molecular formula is C44H32. The third-order valence-corrected chi connectivity index (χ3v) is 9.85. The van der Waals surface area contributed by atoms with Gasteiger partial charge in [0.05, 0.1) is 0 Å². The van der Waals surface area contributed by atoms with E-state index in [0.717, 1.165) is 0 Å². The molecule has 0 N–H and O–H groups in total. The van der Waals surface area contributed by atoms with Gasteiger partial charge < -0.3 is 0 Å². The van der Waals surface area contributed by atoms with Crippen molar-refractivity contribution in [2.24, 2.45) is 0 Å². The molecule has 0 aliphatic heterocycles. The molecular weight excluding hydrogens is 528 g/mol. The highest BCUT2D eigenvalue weighted by Gasteiger charge is 2.21. The summed E-state index contributed by atoms with van der Waals surface area (Å²) in [6.45, 7) is 0. The lowest BCUT2D eigenvalue weighted by Crippen LogP contribution is -2.04. The van der Waals surface area contributed by atoms with Crippen molar-refractivity contribution in [2.45, 2.75) is 25.7 Å². The molecule has 0 spiro atoms. The van der Waals surface area contributed by atoms with Crippen LogP contribution >= 0.6 is 0 Å². The van der Waals surface area contributed by atoms with Gasteiger partial charge in [0, 0.05) is 0 Å². The second kappa shape index (κ2) is 10.2. The number of rotatable bonds is 3. The zero-order valence-corrected chi connectivity index (χ0v) is 24.7. The molecule has 8 aromatic carbocycles. The largest absolute Gasteiger partial charge is 0.0616 e. The molecule has 8 aromatic rings. The standard InChI is InChI=1S/C44H32/c1-3-15-33-29(12-1)14-11-23-34(33)30-24-26-31(27-25-30)43-38-19-7-9-21-40(38)44(41-22-10-8-20-39(41)43)42-28-32-13-2-4-16-35(32)36-17-5-6-18-37(36)42/h1,3,5-12,14-15,17-28H,2,4,13,16H2. The minimum atomic E-state index is 1.17. The Morgan fingerprint density at radius 3 is 1.57 bits per heavy atom. The van der Waals surface area contributed by atoms with Gasteiger partial charge in [-0.25, -0.2) is 0 Å². The van der Waals surface area contributed by atoms with Crippen LogP contribution in [0, 0.1) is 0 Å². The maximum absolute atomic E-state index is 2.53. The van der Waals surface area contributed by atoms with Gasteiger partial charge in [-0.1, -0.05) is 146 Å². The Morgan fingerprint density at radius 1 is 0.341 bits per heavy atom. The van der Waals surface area contributed by atoms with Crippen molar-refractivity contribution >= 4 is 43.1 Å². The van der Waals surface area contributed by atoms with Crippen LogP contribution in [0.2, 0.25) is 0 Å².